The van der Waals surface area contributed by atoms with E-state index in [4.69, 9.17) is 0 Å². The Labute approximate surface area is 171 Å². The number of halogens is 1. The van der Waals surface area contributed by atoms with Crippen molar-refractivity contribution in [2.45, 2.75) is 24.9 Å². The van der Waals surface area contributed by atoms with Crippen molar-refractivity contribution in [3.8, 4) is 0 Å². The van der Waals surface area contributed by atoms with Crippen LogP contribution in [0.2, 0.25) is 0 Å². The first-order valence-electron chi connectivity index (χ1n) is 9.81. The highest BCUT2D eigenvalue weighted by molar-refractivity contribution is 8.00. The zero-order valence-electron chi connectivity index (χ0n) is 16.4. The minimum atomic E-state index is -0.284. The van der Waals surface area contributed by atoms with Gasteiger partial charge in [-0.1, -0.05) is 43.3 Å². The largest absolute Gasteiger partial charge is 0.351 e. The van der Waals surface area contributed by atoms with Gasteiger partial charge in [0, 0.05) is 44.2 Å². The molecule has 0 spiro atoms. The number of nitrogens with zero attached hydrogens (tertiary/aromatic N) is 2. The summed E-state index contributed by atoms with van der Waals surface area (Å²) in [6.07, 6.45) is 0. The molecule has 6 heteroatoms. The van der Waals surface area contributed by atoms with Crippen LogP contribution in [0.3, 0.4) is 0 Å². The molecule has 1 fully saturated rings. The van der Waals surface area contributed by atoms with Gasteiger partial charge in [-0.05, 0) is 29.8 Å². The van der Waals surface area contributed by atoms with Crippen molar-refractivity contribution in [2.24, 2.45) is 0 Å². The number of nitrogens with one attached hydrogen (secondary N) is 1. The first kappa shape index (κ1) is 20.8. The van der Waals surface area contributed by atoms with Crippen LogP contribution in [0.5, 0.6) is 0 Å². The van der Waals surface area contributed by atoms with Gasteiger partial charge >= 0.3 is 0 Å². The number of hydrogen-bond donors (Lipinski definition) is 1. The summed E-state index contributed by atoms with van der Waals surface area (Å²) in [7, 11) is 0. The van der Waals surface area contributed by atoms with Crippen LogP contribution in [0, 0.1) is 5.82 Å². The smallest absolute Gasteiger partial charge is 0.230 e. The Balaban J connectivity index is 1.49. The van der Waals surface area contributed by atoms with Crippen LogP contribution in [-0.2, 0) is 17.9 Å². The predicted molar refractivity (Wildman–Crippen MR) is 113 cm³/mol. The van der Waals surface area contributed by atoms with E-state index in [1.165, 1.54) is 23.4 Å². The molecule has 1 heterocycles. The number of thioether (sulfide) groups is 1. The summed E-state index contributed by atoms with van der Waals surface area (Å²) >= 11 is 1.23. The van der Waals surface area contributed by atoms with Gasteiger partial charge in [0.1, 0.15) is 5.82 Å². The van der Waals surface area contributed by atoms with E-state index in [2.05, 4.69) is 40.2 Å². The first-order chi connectivity index (χ1) is 13.7. The number of carbonyl (C=O) groups excluding carboxylic acids is 1. The molecule has 1 aliphatic heterocycles. The minimum absolute atomic E-state index is 0.0837. The average Bonchev–Trinajstić information content (AvgIpc) is 2.73. The highest BCUT2D eigenvalue weighted by Gasteiger charge is 2.16. The number of amides is 1. The second kappa shape index (κ2) is 10.6. The number of piperazine rings is 1. The summed E-state index contributed by atoms with van der Waals surface area (Å²) in [5.41, 5.74) is 2.40. The van der Waals surface area contributed by atoms with Crippen molar-refractivity contribution in [1.82, 2.24) is 15.1 Å². The van der Waals surface area contributed by atoms with E-state index in [9.17, 15) is 9.18 Å². The van der Waals surface area contributed by atoms with Crippen LogP contribution in [0.4, 0.5) is 4.39 Å². The Morgan fingerprint density at radius 3 is 2.36 bits per heavy atom. The van der Waals surface area contributed by atoms with Gasteiger partial charge in [0.25, 0.3) is 0 Å². The van der Waals surface area contributed by atoms with E-state index >= 15 is 0 Å². The molecular weight excluding hydrogens is 373 g/mol. The van der Waals surface area contributed by atoms with Crippen molar-refractivity contribution >= 4 is 17.7 Å². The molecule has 0 saturated carbocycles. The van der Waals surface area contributed by atoms with Gasteiger partial charge in [0.05, 0.1) is 5.75 Å². The molecule has 0 unspecified atom stereocenters. The summed E-state index contributed by atoms with van der Waals surface area (Å²) in [6, 6.07) is 14.8. The molecule has 0 bridgehead atoms. The third-order valence-electron chi connectivity index (χ3n) is 5.10. The summed E-state index contributed by atoms with van der Waals surface area (Å²) < 4.78 is 13.7. The SMILES string of the molecule is CCN1CCN(Cc2ccccc2CNC(=O)CSc2ccccc2F)CC1. The molecule has 2 aromatic rings. The van der Waals surface area contributed by atoms with Crippen LogP contribution < -0.4 is 5.32 Å². The Hall–Kier alpha value is -1.89. The lowest BCUT2D eigenvalue weighted by Crippen LogP contribution is -2.45. The van der Waals surface area contributed by atoms with Crippen LogP contribution >= 0.6 is 11.8 Å². The lowest BCUT2D eigenvalue weighted by molar-refractivity contribution is -0.118. The Kier molecular flexibility index (Phi) is 7.89. The molecule has 1 aliphatic rings. The van der Waals surface area contributed by atoms with E-state index < -0.39 is 0 Å². The molecular formula is C22H28FN3OS. The number of benzene rings is 2. The summed E-state index contributed by atoms with van der Waals surface area (Å²) in [4.78, 5) is 17.6. The molecule has 4 nitrogen and oxygen atoms in total. The lowest BCUT2D eigenvalue weighted by atomic mass is 10.1. The van der Waals surface area contributed by atoms with Gasteiger partial charge in [-0.3, -0.25) is 9.69 Å². The molecule has 0 atom stereocenters. The molecule has 1 saturated heterocycles. The Morgan fingerprint density at radius 1 is 1.00 bits per heavy atom. The first-order valence-corrected chi connectivity index (χ1v) is 10.8. The Bertz CT molecular complexity index is 778. The maximum absolute atomic E-state index is 13.7. The Morgan fingerprint density at radius 2 is 1.64 bits per heavy atom. The number of hydrogen-bond acceptors (Lipinski definition) is 4. The maximum Gasteiger partial charge on any atom is 0.230 e. The minimum Gasteiger partial charge on any atom is -0.351 e. The number of carbonyl (C=O) groups is 1. The maximum atomic E-state index is 13.7. The van der Waals surface area contributed by atoms with E-state index in [0.29, 0.717) is 11.4 Å². The normalized spacial score (nSPS) is 15.5. The molecule has 0 aliphatic carbocycles. The van der Waals surface area contributed by atoms with Crippen molar-refractivity contribution in [3.05, 3.63) is 65.5 Å². The second-order valence-corrected chi connectivity index (χ2v) is 7.99. The van der Waals surface area contributed by atoms with Crippen LogP contribution in [0.15, 0.2) is 53.4 Å². The topological polar surface area (TPSA) is 35.6 Å². The van der Waals surface area contributed by atoms with E-state index in [1.54, 1.807) is 18.2 Å². The fourth-order valence-corrected chi connectivity index (χ4v) is 4.11. The van der Waals surface area contributed by atoms with Crippen LogP contribution in [-0.4, -0.2) is 54.2 Å². The van der Waals surface area contributed by atoms with Gasteiger partial charge in [-0.15, -0.1) is 11.8 Å². The molecule has 28 heavy (non-hydrogen) atoms. The third kappa shape index (κ3) is 6.06. The van der Waals surface area contributed by atoms with Gasteiger partial charge in [0.2, 0.25) is 5.91 Å². The van der Waals surface area contributed by atoms with E-state index in [0.717, 1.165) is 44.8 Å². The molecule has 3 rings (SSSR count). The number of rotatable bonds is 8. The third-order valence-corrected chi connectivity index (χ3v) is 6.14. The van der Waals surface area contributed by atoms with Gasteiger partial charge < -0.3 is 10.2 Å². The fraction of sp³-hybridized carbons (Fsp3) is 0.409. The molecule has 0 aromatic heterocycles. The molecule has 1 N–H and O–H groups in total. The van der Waals surface area contributed by atoms with Crippen molar-refractivity contribution in [3.63, 3.8) is 0 Å². The quantitative estimate of drug-likeness (QED) is 0.688. The molecule has 2 aromatic carbocycles. The highest BCUT2D eigenvalue weighted by atomic mass is 32.2. The average molecular weight is 402 g/mol. The standard InChI is InChI=1S/C22H28FN3OS/c1-2-25-11-13-26(14-12-25)16-19-8-4-3-7-18(19)15-24-22(27)17-28-21-10-6-5-9-20(21)23/h3-10H,2,11-17H2,1H3,(H,24,27). The molecule has 150 valence electrons. The van der Waals surface area contributed by atoms with Crippen molar-refractivity contribution in [2.75, 3.05) is 38.5 Å². The van der Waals surface area contributed by atoms with E-state index in [1.807, 2.05) is 6.07 Å². The lowest BCUT2D eigenvalue weighted by Gasteiger charge is -2.34. The zero-order chi connectivity index (χ0) is 19.8. The summed E-state index contributed by atoms with van der Waals surface area (Å²) in [5, 5.41) is 2.97. The van der Waals surface area contributed by atoms with Crippen molar-refractivity contribution < 1.29 is 9.18 Å². The van der Waals surface area contributed by atoms with E-state index in [-0.39, 0.29) is 17.5 Å². The van der Waals surface area contributed by atoms with Gasteiger partial charge in [-0.2, -0.15) is 0 Å². The van der Waals surface area contributed by atoms with Crippen molar-refractivity contribution in [1.29, 1.82) is 0 Å². The highest BCUT2D eigenvalue weighted by Crippen LogP contribution is 2.21. The number of likely N-dealkylation sites (N-methyl/N-ethyl adjacent to an activating group) is 1. The van der Waals surface area contributed by atoms with Crippen LogP contribution in [0.1, 0.15) is 18.1 Å². The summed E-state index contributed by atoms with van der Waals surface area (Å²) in [5.74, 6) is -0.157. The molecule has 0 radical (unpaired) electrons. The zero-order valence-corrected chi connectivity index (χ0v) is 17.2. The van der Waals surface area contributed by atoms with Crippen LogP contribution in [0.25, 0.3) is 0 Å². The summed E-state index contributed by atoms with van der Waals surface area (Å²) in [6.45, 7) is 9.11. The van der Waals surface area contributed by atoms with Gasteiger partial charge in [0.15, 0.2) is 0 Å². The monoisotopic (exact) mass is 401 g/mol. The second-order valence-electron chi connectivity index (χ2n) is 6.97. The fourth-order valence-electron chi connectivity index (χ4n) is 3.34. The van der Waals surface area contributed by atoms with Gasteiger partial charge in [-0.25, -0.2) is 4.39 Å². The molecule has 1 amide bonds. The predicted octanol–water partition coefficient (Wildman–Crippen LogP) is 3.37.